The number of dihydropyridines is 1. The highest BCUT2D eigenvalue weighted by Crippen LogP contribution is 2.40. The Morgan fingerprint density at radius 1 is 1.15 bits per heavy atom. The van der Waals surface area contributed by atoms with Crippen molar-refractivity contribution in [1.82, 2.24) is 10.2 Å². The summed E-state index contributed by atoms with van der Waals surface area (Å²) in [7, 11) is -3.23. The zero-order chi connectivity index (χ0) is 23.7. The fourth-order valence-corrected chi connectivity index (χ4v) is 6.19. The van der Waals surface area contributed by atoms with Gasteiger partial charge in [0.15, 0.2) is 9.84 Å². The maximum Gasteiger partial charge on any atom is 0.255 e. The van der Waals surface area contributed by atoms with Crippen LogP contribution in [0, 0.1) is 11.8 Å². The average molecular weight is 484 g/mol. The molecule has 0 spiro atoms. The number of aliphatic imine (C=N–C) groups is 1. The van der Waals surface area contributed by atoms with E-state index in [2.05, 4.69) is 16.4 Å². The fraction of sp³-hybridized carbons (Fsp3) is 0.538. The van der Waals surface area contributed by atoms with Gasteiger partial charge in [-0.15, -0.1) is 0 Å². The standard InChI is InChI=1S/C26H33N3O4S/c1-34(31,32)22-8-6-19(7-9-22)23(14-18-4-2-3-5-18)24-16-20-15-21(17-27-25(20)28-24)26(30)29-10-12-33-13-11-29/h6-9,15-18,20,23,25,28H,2-5,10-14H2,1H3. The highest BCUT2D eigenvalue weighted by atomic mass is 32.2. The van der Waals surface area contributed by atoms with Gasteiger partial charge in [0.05, 0.1) is 23.7 Å². The Kier molecular flexibility index (Phi) is 6.62. The summed E-state index contributed by atoms with van der Waals surface area (Å²) >= 11 is 0. The van der Waals surface area contributed by atoms with Crippen LogP contribution in [-0.4, -0.2) is 64.2 Å². The van der Waals surface area contributed by atoms with E-state index in [-0.39, 0.29) is 23.9 Å². The number of nitrogens with one attached hydrogen (secondary N) is 1. The number of hydrogen-bond donors (Lipinski definition) is 1. The first-order valence-electron chi connectivity index (χ1n) is 12.3. The summed E-state index contributed by atoms with van der Waals surface area (Å²) in [6.45, 7) is 2.39. The van der Waals surface area contributed by atoms with Gasteiger partial charge < -0.3 is 15.0 Å². The van der Waals surface area contributed by atoms with E-state index in [4.69, 9.17) is 4.74 Å². The fourth-order valence-electron chi connectivity index (χ4n) is 5.56. The Hall–Kier alpha value is -2.45. The Bertz CT molecular complexity index is 1110. The van der Waals surface area contributed by atoms with E-state index in [1.165, 1.54) is 31.9 Å². The lowest BCUT2D eigenvalue weighted by molar-refractivity contribution is -0.130. The molecule has 3 unspecified atom stereocenters. The molecule has 3 aliphatic heterocycles. The molecule has 1 aliphatic carbocycles. The average Bonchev–Trinajstić information content (AvgIpc) is 3.51. The largest absolute Gasteiger partial charge is 0.378 e. The molecular formula is C26H33N3O4S. The Morgan fingerprint density at radius 3 is 2.53 bits per heavy atom. The van der Waals surface area contributed by atoms with E-state index in [1.807, 2.05) is 23.1 Å². The van der Waals surface area contributed by atoms with Gasteiger partial charge in [0.1, 0.15) is 6.17 Å². The van der Waals surface area contributed by atoms with Gasteiger partial charge >= 0.3 is 0 Å². The molecule has 2 fully saturated rings. The van der Waals surface area contributed by atoms with Crippen LogP contribution in [0.25, 0.3) is 0 Å². The predicted octanol–water partition coefficient (Wildman–Crippen LogP) is 3.05. The number of sulfone groups is 1. The lowest BCUT2D eigenvalue weighted by Crippen LogP contribution is -2.42. The first-order chi connectivity index (χ1) is 16.4. The number of allylic oxidation sites excluding steroid dienone is 1. The van der Waals surface area contributed by atoms with Crippen LogP contribution in [0.4, 0.5) is 0 Å². The zero-order valence-corrected chi connectivity index (χ0v) is 20.5. The van der Waals surface area contributed by atoms with Crippen molar-refractivity contribution in [2.45, 2.75) is 49.1 Å². The summed E-state index contributed by atoms with van der Waals surface area (Å²) in [5.41, 5.74) is 2.89. The lowest BCUT2D eigenvalue weighted by atomic mass is 9.85. The Labute approximate surface area is 201 Å². The lowest BCUT2D eigenvalue weighted by Gasteiger charge is -2.28. The summed E-state index contributed by atoms with van der Waals surface area (Å²) in [6, 6.07) is 7.33. The number of rotatable bonds is 6. The third-order valence-corrected chi connectivity index (χ3v) is 8.60. The van der Waals surface area contributed by atoms with Gasteiger partial charge in [-0.1, -0.05) is 50.0 Å². The van der Waals surface area contributed by atoms with E-state index < -0.39 is 9.84 Å². The number of carbonyl (C=O) groups is 1. The van der Waals surface area contributed by atoms with Crippen LogP contribution in [-0.2, 0) is 19.4 Å². The highest BCUT2D eigenvalue weighted by Gasteiger charge is 2.34. The first kappa shape index (κ1) is 23.3. The van der Waals surface area contributed by atoms with Crippen molar-refractivity contribution in [3.8, 4) is 0 Å². The normalized spacial score (nSPS) is 26.0. The van der Waals surface area contributed by atoms with Crippen LogP contribution >= 0.6 is 0 Å². The van der Waals surface area contributed by atoms with Gasteiger partial charge in [-0.2, -0.15) is 0 Å². The van der Waals surface area contributed by atoms with Crippen LogP contribution in [0.15, 0.2) is 57.6 Å². The molecule has 0 radical (unpaired) electrons. The molecule has 8 heteroatoms. The number of nitrogens with zero attached hydrogens (tertiary/aromatic N) is 2. The van der Waals surface area contributed by atoms with Crippen LogP contribution < -0.4 is 5.32 Å². The first-order valence-corrected chi connectivity index (χ1v) is 14.2. The molecule has 1 aromatic carbocycles. The molecular weight excluding hydrogens is 450 g/mol. The van der Waals surface area contributed by atoms with Gasteiger partial charge in [-0.25, -0.2) is 8.42 Å². The number of hydrogen-bond acceptors (Lipinski definition) is 6. The van der Waals surface area contributed by atoms with E-state index in [0.29, 0.717) is 42.7 Å². The molecule has 4 aliphatic rings. The molecule has 7 nitrogen and oxygen atoms in total. The van der Waals surface area contributed by atoms with Gasteiger partial charge in [0.2, 0.25) is 0 Å². The predicted molar refractivity (Wildman–Crippen MR) is 131 cm³/mol. The molecule has 0 aromatic heterocycles. The molecule has 1 amide bonds. The van der Waals surface area contributed by atoms with Crippen molar-refractivity contribution in [3.63, 3.8) is 0 Å². The monoisotopic (exact) mass is 483 g/mol. The van der Waals surface area contributed by atoms with E-state index in [1.54, 1.807) is 18.3 Å². The Morgan fingerprint density at radius 2 is 1.85 bits per heavy atom. The van der Waals surface area contributed by atoms with Crippen molar-refractivity contribution in [2.75, 3.05) is 32.6 Å². The minimum Gasteiger partial charge on any atom is -0.378 e. The molecule has 3 atom stereocenters. The van der Waals surface area contributed by atoms with Gasteiger partial charge in [0.25, 0.3) is 5.91 Å². The minimum atomic E-state index is -3.23. The molecule has 1 saturated carbocycles. The third kappa shape index (κ3) is 4.98. The zero-order valence-electron chi connectivity index (χ0n) is 19.7. The van der Waals surface area contributed by atoms with Crippen molar-refractivity contribution < 1.29 is 17.9 Å². The van der Waals surface area contributed by atoms with Crippen LogP contribution in [0.5, 0.6) is 0 Å². The van der Waals surface area contributed by atoms with Crippen molar-refractivity contribution in [2.24, 2.45) is 16.8 Å². The van der Waals surface area contributed by atoms with Gasteiger partial charge in [-0.05, 0) is 30.0 Å². The number of fused-ring (bicyclic) bond motifs is 1. The molecule has 0 bridgehead atoms. The van der Waals surface area contributed by atoms with Crippen molar-refractivity contribution >= 4 is 22.0 Å². The minimum absolute atomic E-state index is 0.0196. The van der Waals surface area contributed by atoms with Crippen LogP contribution in [0.1, 0.15) is 43.6 Å². The van der Waals surface area contributed by atoms with E-state index >= 15 is 0 Å². The summed E-state index contributed by atoms with van der Waals surface area (Å²) < 4.78 is 29.2. The molecule has 3 heterocycles. The van der Waals surface area contributed by atoms with Crippen LogP contribution in [0.2, 0.25) is 0 Å². The number of amides is 1. The van der Waals surface area contributed by atoms with Crippen molar-refractivity contribution in [1.29, 1.82) is 0 Å². The number of benzene rings is 1. The third-order valence-electron chi connectivity index (χ3n) is 7.47. The van der Waals surface area contributed by atoms with Crippen molar-refractivity contribution in [3.05, 3.63) is 53.3 Å². The SMILES string of the molecule is CS(=O)(=O)c1ccc(C(CC2CCCC2)C2=CC3C=C(C(=O)N4CCOCC4)C=NC3N2)cc1. The second-order valence-electron chi connectivity index (χ2n) is 9.87. The number of morpholine rings is 1. The highest BCUT2D eigenvalue weighted by molar-refractivity contribution is 7.90. The number of ether oxygens (including phenoxy) is 1. The molecule has 34 heavy (non-hydrogen) atoms. The molecule has 1 N–H and O–H groups in total. The maximum atomic E-state index is 12.9. The Balaban J connectivity index is 1.39. The summed E-state index contributed by atoms with van der Waals surface area (Å²) in [5, 5.41) is 3.60. The number of carbonyl (C=O) groups excluding carboxylic acids is 1. The second kappa shape index (κ2) is 9.66. The topological polar surface area (TPSA) is 88.1 Å². The molecule has 5 rings (SSSR count). The quantitative estimate of drug-likeness (QED) is 0.672. The summed E-state index contributed by atoms with van der Waals surface area (Å²) in [5.74, 6) is 0.874. The van der Waals surface area contributed by atoms with E-state index in [0.717, 1.165) is 17.7 Å². The van der Waals surface area contributed by atoms with Crippen LogP contribution in [0.3, 0.4) is 0 Å². The maximum absolute atomic E-state index is 12.9. The molecule has 182 valence electrons. The molecule has 1 aromatic rings. The summed E-state index contributed by atoms with van der Waals surface area (Å²) in [4.78, 5) is 19.8. The smallest absolute Gasteiger partial charge is 0.255 e. The molecule has 1 saturated heterocycles. The second-order valence-corrected chi connectivity index (χ2v) is 11.9. The summed E-state index contributed by atoms with van der Waals surface area (Å²) in [6.07, 6.45) is 13.2. The van der Waals surface area contributed by atoms with Gasteiger partial charge in [0, 0.05) is 43.1 Å². The van der Waals surface area contributed by atoms with Gasteiger partial charge in [-0.3, -0.25) is 9.79 Å². The van der Waals surface area contributed by atoms with E-state index in [9.17, 15) is 13.2 Å².